The maximum absolute atomic E-state index is 11.8. The van der Waals surface area contributed by atoms with Crippen molar-refractivity contribution in [3.8, 4) is 11.1 Å². The van der Waals surface area contributed by atoms with Gasteiger partial charge in [0.25, 0.3) is 5.91 Å². The molecule has 0 aliphatic carbocycles. The number of carbonyl (C=O) groups excluding carboxylic acids is 1. The lowest BCUT2D eigenvalue weighted by molar-refractivity contribution is 0.0781. The minimum Gasteiger partial charge on any atom is -0.433 e. The highest BCUT2D eigenvalue weighted by Gasteiger charge is 2.19. The molecule has 3 aromatic rings. The second kappa shape index (κ2) is 7.97. The molecule has 0 saturated heterocycles. The summed E-state index contributed by atoms with van der Waals surface area (Å²) in [4.78, 5) is 17.2. The summed E-state index contributed by atoms with van der Waals surface area (Å²) in [7, 11) is 3.28. The number of aryl methyl sites for hydroxylation is 1. The molecule has 1 atom stereocenters. The Morgan fingerprint density at radius 3 is 2.38 bits per heavy atom. The second-order valence-electron chi connectivity index (χ2n) is 6.38. The number of carbonyl (C=O) groups is 1. The third-order valence-electron chi connectivity index (χ3n) is 4.19. The van der Waals surface area contributed by atoms with Crippen molar-refractivity contribution in [3.63, 3.8) is 0 Å². The Labute approximate surface area is 152 Å². The molecule has 2 aromatic carbocycles. The first-order valence-electron chi connectivity index (χ1n) is 8.54. The number of rotatable bonds is 6. The summed E-state index contributed by atoms with van der Waals surface area (Å²) in [5, 5.41) is 10.3. The van der Waals surface area contributed by atoms with E-state index in [0.717, 1.165) is 11.1 Å². The van der Waals surface area contributed by atoms with Gasteiger partial charge in [-0.1, -0.05) is 54.6 Å². The molecule has 0 fully saturated rings. The van der Waals surface area contributed by atoms with Crippen molar-refractivity contribution in [1.82, 2.24) is 9.88 Å². The first kappa shape index (κ1) is 17.9. The Morgan fingerprint density at radius 1 is 1.08 bits per heavy atom. The fourth-order valence-electron chi connectivity index (χ4n) is 2.68. The molecule has 5 nitrogen and oxygen atoms in total. The molecule has 0 radical (unpaired) electrons. The van der Waals surface area contributed by atoms with Crippen LogP contribution < -0.4 is 0 Å². The third-order valence-corrected chi connectivity index (χ3v) is 4.19. The van der Waals surface area contributed by atoms with Crippen LogP contribution in [0.3, 0.4) is 0 Å². The molecular formula is C21H22N2O3. The van der Waals surface area contributed by atoms with Gasteiger partial charge < -0.3 is 14.4 Å². The smallest absolute Gasteiger partial charge is 0.290 e. The standard InChI is InChI=1S/C21H22N2O3/c1-23(2)21(25)19-14-22-20(26-19)18(24)13-10-15-8-11-17(12-9-15)16-6-4-3-5-7-16/h3-9,11-12,14,18,24H,10,13H2,1-2H3. The van der Waals surface area contributed by atoms with E-state index >= 15 is 0 Å². The molecule has 5 heteroatoms. The van der Waals surface area contributed by atoms with Gasteiger partial charge >= 0.3 is 0 Å². The van der Waals surface area contributed by atoms with Crippen LogP contribution in [0.1, 0.15) is 34.5 Å². The summed E-state index contributed by atoms with van der Waals surface area (Å²) < 4.78 is 5.38. The van der Waals surface area contributed by atoms with Crippen molar-refractivity contribution >= 4 is 5.91 Å². The van der Waals surface area contributed by atoms with Gasteiger partial charge in [0.15, 0.2) is 0 Å². The Balaban J connectivity index is 1.59. The number of oxazole rings is 1. The fraction of sp³-hybridized carbons (Fsp3) is 0.238. The molecule has 3 rings (SSSR count). The highest BCUT2D eigenvalue weighted by molar-refractivity contribution is 5.90. The van der Waals surface area contributed by atoms with Crippen molar-refractivity contribution in [3.05, 3.63) is 78.0 Å². The van der Waals surface area contributed by atoms with E-state index in [9.17, 15) is 9.90 Å². The van der Waals surface area contributed by atoms with Crippen LogP contribution in [-0.2, 0) is 6.42 Å². The van der Waals surface area contributed by atoms with Crippen LogP contribution in [0.4, 0.5) is 0 Å². The van der Waals surface area contributed by atoms with Crippen molar-refractivity contribution < 1.29 is 14.3 Å². The Kier molecular flexibility index (Phi) is 5.49. The average molecular weight is 350 g/mol. The summed E-state index contributed by atoms with van der Waals surface area (Å²) >= 11 is 0. The van der Waals surface area contributed by atoms with Gasteiger partial charge in [0.05, 0.1) is 6.20 Å². The van der Waals surface area contributed by atoms with E-state index in [0.29, 0.717) is 12.8 Å². The summed E-state index contributed by atoms with van der Waals surface area (Å²) in [5.41, 5.74) is 3.46. The van der Waals surface area contributed by atoms with Crippen LogP contribution in [0.5, 0.6) is 0 Å². The lowest BCUT2D eigenvalue weighted by atomic mass is 10.0. The zero-order chi connectivity index (χ0) is 18.5. The maximum atomic E-state index is 11.8. The van der Waals surface area contributed by atoms with Crippen LogP contribution in [0.2, 0.25) is 0 Å². The number of nitrogens with zero attached hydrogens (tertiary/aromatic N) is 2. The van der Waals surface area contributed by atoms with E-state index in [2.05, 4.69) is 41.4 Å². The largest absolute Gasteiger partial charge is 0.433 e. The minimum absolute atomic E-state index is 0.135. The number of aromatic nitrogens is 1. The zero-order valence-corrected chi connectivity index (χ0v) is 14.9. The summed E-state index contributed by atoms with van der Waals surface area (Å²) in [6.07, 6.45) is 1.68. The molecule has 1 aromatic heterocycles. The van der Waals surface area contributed by atoms with Crippen LogP contribution in [-0.4, -0.2) is 35.0 Å². The van der Waals surface area contributed by atoms with E-state index in [4.69, 9.17) is 4.42 Å². The van der Waals surface area contributed by atoms with Gasteiger partial charge in [-0.25, -0.2) is 4.98 Å². The quantitative estimate of drug-likeness (QED) is 0.736. The molecule has 1 unspecified atom stereocenters. The van der Waals surface area contributed by atoms with Crippen LogP contribution in [0.25, 0.3) is 11.1 Å². The molecule has 0 bridgehead atoms. The van der Waals surface area contributed by atoms with Gasteiger partial charge in [0.1, 0.15) is 6.10 Å². The van der Waals surface area contributed by atoms with Crippen LogP contribution in [0, 0.1) is 0 Å². The molecule has 0 aliphatic heterocycles. The molecule has 1 amide bonds. The van der Waals surface area contributed by atoms with Crippen LogP contribution >= 0.6 is 0 Å². The number of hydrogen-bond donors (Lipinski definition) is 1. The number of benzene rings is 2. The Bertz CT molecular complexity index is 854. The number of aliphatic hydroxyl groups excluding tert-OH is 1. The van der Waals surface area contributed by atoms with E-state index < -0.39 is 6.10 Å². The molecular weight excluding hydrogens is 328 g/mol. The van der Waals surface area contributed by atoms with Gasteiger partial charge in [-0.3, -0.25) is 4.79 Å². The van der Waals surface area contributed by atoms with Crippen molar-refractivity contribution in [2.24, 2.45) is 0 Å². The van der Waals surface area contributed by atoms with Crippen molar-refractivity contribution in [1.29, 1.82) is 0 Å². The number of aliphatic hydroxyl groups is 1. The number of hydrogen-bond acceptors (Lipinski definition) is 4. The van der Waals surface area contributed by atoms with Gasteiger partial charge in [-0.15, -0.1) is 0 Å². The highest BCUT2D eigenvalue weighted by Crippen LogP contribution is 2.22. The normalized spacial score (nSPS) is 12.0. The average Bonchev–Trinajstić information content (AvgIpc) is 3.16. The Morgan fingerprint density at radius 2 is 1.73 bits per heavy atom. The van der Waals surface area contributed by atoms with Crippen molar-refractivity contribution in [2.45, 2.75) is 18.9 Å². The predicted molar refractivity (Wildman–Crippen MR) is 99.7 cm³/mol. The SMILES string of the molecule is CN(C)C(=O)c1cnc(C(O)CCc2ccc(-c3ccccc3)cc2)o1. The van der Waals surface area contributed by atoms with E-state index in [1.54, 1.807) is 14.1 Å². The molecule has 0 saturated carbocycles. The summed E-state index contributed by atoms with van der Waals surface area (Å²) in [6.45, 7) is 0. The van der Waals surface area contributed by atoms with Gasteiger partial charge in [-0.2, -0.15) is 0 Å². The topological polar surface area (TPSA) is 66.6 Å². The summed E-state index contributed by atoms with van der Waals surface area (Å²) in [5.74, 6) is 0.0415. The van der Waals surface area contributed by atoms with E-state index in [1.165, 1.54) is 16.7 Å². The molecule has 26 heavy (non-hydrogen) atoms. The third kappa shape index (κ3) is 4.18. The Hall–Kier alpha value is -2.92. The molecule has 0 aliphatic rings. The number of amides is 1. The van der Waals surface area contributed by atoms with Gasteiger partial charge in [-0.05, 0) is 29.5 Å². The predicted octanol–water partition coefficient (Wildman–Crippen LogP) is 3.71. The van der Waals surface area contributed by atoms with Crippen molar-refractivity contribution in [2.75, 3.05) is 14.1 Å². The van der Waals surface area contributed by atoms with E-state index in [1.807, 2.05) is 18.2 Å². The highest BCUT2D eigenvalue weighted by atomic mass is 16.4. The lowest BCUT2D eigenvalue weighted by Crippen LogP contribution is -2.20. The fourth-order valence-corrected chi connectivity index (χ4v) is 2.68. The summed E-state index contributed by atoms with van der Waals surface area (Å²) in [6, 6.07) is 18.5. The first-order valence-corrected chi connectivity index (χ1v) is 8.54. The monoisotopic (exact) mass is 350 g/mol. The van der Waals surface area contributed by atoms with Gasteiger partial charge in [0.2, 0.25) is 11.7 Å². The van der Waals surface area contributed by atoms with Crippen LogP contribution in [0.15, 0.2) is 65.2 Å². The van der Waals surface area contributed by atoms with E-state index in [-0.39, 0.29) is 17.6 Å². The minimum atomic E-state index is -0.840. The second-order valence-corrected chi connectivity index (χ2v) is 6.38. The molecule has 0 spiro atoms. The zero-order valence-electron chi connectivity index (χ0n) is 14.9. The van der Waals surface area contributed by atoms with Gasteiger partial charge in [0, 0.05) is 14.1 Å². The first-order chi connectivity index (χ1) is 12.5. The lowest BCUT2D eigenvalue weighted by Gasteiger charge is -2.09. The molecule has 134 valence electrons. The molecule has 1 heterocycles. The molecule has 1 N–H and O–H groups in total. The maximum Gasteiger partial charge on any atom is 0.290 e.